The monoisotopic (exact) mass is 444 g/mol. The topological polar surface area (TPSA) is 78.2 Å². The van der Waals surface area contributed by atoms with Gasteiger partial charge >= 0.3 is 5.69 Å². The van der Waals surface area contributed by atoms with Crippen molar-refractivity contribution < 1.29 is 13.9 Å². The highest BCUT2D eigenvalue weighted by molar-refractivity contribution is 6.31. The molecule has 3 aromatic rings. The molecule has 1 aliphatic rings. The van der Waals surface area contributed by atoms with Gasteiger partial charge in [0.05, 0.1) is 19.0 Å². The van der Waals surface area contributed by atoms with E-state index in [1.807, 2.05) is 30.3 Å². The van der Waals surface area contributed by atoms with Gasteiger partial charge in [0, 0.05) is 17.1 Å². The van der Waals surface area contributed by atoms with Crippen LogP contribution in [-0.4, -0.2) is 33.4 Å². The van der Waals surface area contributed by atoms with Crippen LogP contribution in [0.3, 0.4) is 0 Å². The number of aromatic nitrogens is 3. The van der Waals surface area contributed by atoms with Crippen LogP contribution in [0.2, 0.25) is 5.02 Å². The lowest BCUT2D eigenvalue weighted by Crippen LogP contribution is -2.36. The van der Waals surface area contributed by atoms with Crippen LogP contribution in [0.4, 0.5) is 4.39 Å². The summed E-state index contributed by atoms with van der Waals surface area (Å²) in [5, 5.41) is 7.43. The average molecular weight is 445 g/mol. The molecule has 0 radical (unpaired) electrons. The van der Waals surface area contributed by atoms with E-state index in [9.17, 15) is 14.0 Å². The third-order valence-electron chi connectivity index (χ3n) is 5.24. The Bertz CT molecular complexity index is 1110. The molecule has 0 aliphatic carbocycles. The molecule has 1 unspecified atom stereocenters. The van der Waals surface area contributed by atoms with E-state index in [0.717, 1.165) is 5.75 Å². The van der Waals surface area contributed by atoms with Crippen molar-refractivity contribution in [1.29, 1.82) is 0 Å². The minimum absolute atomic E-state index is 0.0937. The van der Waals surface area contributed by atoms with Gasteiger partial charge in [-0.3, -0.25) is 9.36 Å². The lowest BCUT2D eigenvalue weighted by molar-refractivity contribution is -0.123. The van der Waals surface area contributed by atoms with Gasteiger partial charge in [-0.25, -0.2) is 13.9 Å². The molecule has 0 saturated heterocycles. The number of nitrogens with zero attached hydrogens (tertiary/aromatic N) is 3. The zero-order chi connectivity index (χ0) is 21.8. The van der Waals surface area contributed by atoms with E-state index in [4.69, 9.17) is 16.3 Å². The number of rotatable bonds is 7. The Balaban J connectivity index is 1.44. The normalized spacial score (nSPS) is 15.4. The second kappa shape index (κ2) is 9.34. The summed E-state index contributed by atoms with van der Waals surface area (Å²) >= 11 is 6.09. The molecule has 7 nitrogen and oxygen atoms in total. The highest BCUT2D eigenvalue weighted by atomic mass is 35.5. The number of para-hydroxylation sites is 1. The van der Waals surface area contributed by atoms with Gasteiger partial charge in [-0.1, -0.05) is 35.9 Å². The summed E-state index contributed by atoms with van der Waals surface area (Å²) < 4.78 is 22.4. The number of fused-ring (bicyclic) bond motifs is 1. The van der Waals surface area contributed by atoms with E-state index in [-0.39, 0.29) is 28.7 Å². The van der Waals surface area contributed by atoms with Crippen LogP contribution in [0.25, 0.3) is 0 Å². The number of nitrogens with one attached hydrogen (secondary N) is 1. The second-order valence-corrected chi connectivity index (χ2v) is 7.70. The van der Waals surface area contributed by atoms with Crippen molar-refractivity contribution in [1.82, 2.24) is 19.7 Å². The van der Waals surface area contributed by atoms with Crippen molar-refractivity contribution in [3.05, 3.63) is 81.2 Å². The molecular weight excluding hydrogens is 423 g/mol. The average Bonchev–Trinajstić information content (AvgIpc) is 3.10. The first kappa shape index (κ1) is 21.1. The number of amides is 1. The van der Waals surface area contributed by atoms with Crippen LogP contribution in [0.1, 0.15) is 30.1 Å². The minimum Gasteiger partial charge on any atom is -0.492 e. The zero-order valence-corrected chi connectivity index (χ0v) is 17.5. The van der Waals surface area contributed by atoms with Crippen LogP contribution in [-0.2, 0) is 17.9 Å². The molecule has 0 spiro atoms. The molecular formula is C22H22ClFN4O3. The number of carbonyl (C=O) groups excluding carboxylic acids is 1. The smallest absolute Gasteiger partial charge is 0.346 e. The first-order chi connectivity index (χ1) is 15.0. The Labute approximate surface area is 183 Å². The van der Waals surface area contributed by atoms with Crippen LogP contribution in [0.15, 0.2) is 53.3 Å². The number of hydrogen-bond donors (Lipinski definition) is 1. The van der Waals surface area contributed by atoms with Gasteiger partial charge in [-0.2, -0.15) is 5.10 Å². The fourth-order valence-corrected chi connectivity index (χ4v) is 3.90. The van der Waals surface area contributed by atoms with E-state index < -0.39 is 11.7 Å². The van der Waals surface area contributed by atoms with Crippen molar-refractivity contribution in [3.63, 3.8) is 0 Å². The minimum atomic E-state index is -0.546. The van der Waals surface area contributed by atoms with Crippen LogP contribution in [0, 0.1) is 5.82 Å². The number of hydrogen-bond acceptors (Lipinski definition) is 4. The number of ether oxygens (including phenoxy) is 1. The molecule has 9 heteroatoms. The molecule has 0 bridgehead atoms. The predicted molar refractivity (Wildman–Crippen MR) is 114 cm³/mol. The maximum absolute atomic E-state index is 14.1. The van der Waals surface area contributed by atoms with Crippen molar-refractivity contribution in [2.75, 3.05) is 13.2 Å². The molecule has 0 saturated carbocycles. The van der Waals surface area contributed by atoms with E-state index in [0.29, 0.717) is 38.4 Å². The summed E-state index contributed by atoms with van der Waals surface area (Å²) in [6.45, 7) is 1.04. The summed E-state index contributed by atoms with van der Waals surface area (Å²) in [6.07, 6.45) is 1.26. The number of carbonyl (C=O) groups is 1. The SMILES string of the molecule is O=C(NCCOc1ccccc1)C1CCCn2c1nn(Cc1c(F)cccc1Cl)c2=O. The third kappa shape index (κ3) is 4.64. The predicted octanol–water partition coefficient (Wildman–Crippen LogP) is 2.96. The summed E-state index contributed by atoms with van der Waals surface area (Å²) in [7, 11) is 0. The quantitative estimate of drug-likeness (QED) is 0.568. The molecule has 162 valence electrons. The Kier molecular flexibility index (Phi) is 6.36. The molecule has 4 rings (SSSR count). The largest absolute Gasteiger partial charge is 0.492 e. The molecule has 1 atom stereocenters. The summed E-state index contributed by atoms with van der Waals surface area (Å²) in [5.41, 5.74) is -0.181. The molecule has 1 aromatic heterocycles. The van der Waals surface area contributed by atoms with E-state index in [1.165, 1.54) is 21.4 Å². The fourth-order valence-electron chi connectivity index (χ4n) is 3.68. The third-order valence-corrected chi connectivity index (χ3v) is 5.59. The molecule has 2 aromatic carbocycles. The maximum atomic E-state index is 14.1. The fraction of sp³-hybridized carbons (Fsp3) is 0.318. The second-order valence-electron chi connectivity index (χ2n) is 7.30. The summed E-state index contributed by atoms with van der Waals surface area (Å²) in [6, 6.07) is 13.7. The van der Waals surface area contributed by atoms with E-state index in [2.05, 4.69) is 10.4 Å². The maximum Gasteiger partial charge on any atom is 0.346 e. The van der Waals surface area contributed by atoms with Gasteiger partial charge in [0.25, 0.3) is 0 Å². The Hall–Kier alpha value is -3.13. The van der Waals surface area contributed by atoms with Crippen molar-refractivity contribution in [3.8, 4) is 5.75 Å². The van der Waals surface area contributed by atoms with Gasteiger partial charge in [0.1, 0.15) is 24.0 Å². The van der Waals surface area contributed by atoms with Crippen molar-refractivity contribution in [2.45, 2.75) is 31.8 Å². The van der Waals surface area contributed by atoms with Crippen LogP contribution in [0.5, 0.6) is 5.75 Å². The zero-order valence-electron chi connectivity index (χ0n) is 16.8. The van der Waals surface area contributed by atoms with Gasteiger partial charge < -0.3 is 10.1 Å². The Morgan fingerprint density at radius 1 is 1.23 bits per heavy atom. The summed E-state index contributed by atoms with van der Waals surface area (Å²) in [5.74, 6) is -0.133. The van der Waals surface area contributed by atoms with E-state index in [1.54, 1.807) is 6.07 Å². The first-order valence-electron chi connectivity index (χ1n) is 10.1. The highest BCUT2D eigenvalue weighted by Gasteiger charge is 2.31. The lowest BCUT2D eigenvalue weighted by Gasteiger charge is -2.21. The first-order valence-corrected chi connectivity index (χ1v) is 10.5. The van der Waals surface area contributed by atoms with Gasteiger partial charge in [0.15, 0.2) is 0 Å². The molecule has 0 fully saturated rings. The molecule has 2 heterocycles. The Morgan fingerprint density at radius 3 is 2.81 bits per heavy atom. The van der Waals surface area contributed by atoms with E-state index >= 15 is 0 Å². The standard InChI is InChI=1S/C22H22ClFN4O3/c23-18-9-4-10-19(24)17(18)14-28-22(30)27-12-5-8-16(20(27)26-28)21(29)25-11-13-31-15-6-2-1-3-7-15/h1-4,6-7,9-10,16H,5,8,11-14H2,(H,25,29). The molecule has 1 N–H and O–H groups in total. The van der Waals surface area contributed by atoms with Crippen LogP contribution < -0.4 is 15.7 Å². The van der Waals surface area contributed by atoms with Crippen molar-refractivity contribution >= 4 is 17.5 Å². The van der Waals surface area contributed by atoms with Gasteiger partial charge in [-0.15, -0.1) is 0 Å². The molecule has 1 aliphatic heterocycles. The lowest BCUT2D eigenvalue weighted by atomic mass is 9.98. The van der Waals surface area contributed by atoms with Gasteiger partial charge in [-0.05, 0) is 37.1 Å². The van der Waals surface area contributed by atoms with Crippen molar-refractivity contribution in [2.24, 2.45) is 0 Å². The highest BCUT2D eigenvalue weighted by Crippen LogP contribution is 2.25. The number of halogens is 2. The van der Waals surface area contributed by atoms with Crippen LogP contribution >= 0.6 is 11.6 Å². The molecule has 31 heavy (non-hydrogen) atoms. The number of benzene rings is 2. The van der Waals surface area contributed by atoms with Gasteiger partial charge in [0.2, 0.25) is 5.91 Å². The Morgan fingerprint density at radius 2 is 2.03 bits per heavy atom. The summed E-state index contributed by atoms with van der Waals surface area (Å²) in [4.78, 5) is 25.5. The molecule has 1 amide bonds.